The standard InChI is InChI=1S/C21H21ClFN3O/c1-15-16(14-25-8-10-27-11-9-25)12-21(20-7-2-17(22)13-24-20)26(15)19-5-3-18(23)4-6-19/h2-7,12-13H,8-11,14H2,1H3. The first-order valence-corrected chi connectivity index (χ1v) is 9.39. The van der Waals surface area contributed by atoms with Crippen LogP contribution in [0, 0.1) is 12.7 Å². The molecule has 0 radical (unpaired) electrons. The van der Waals surface area contributed by atoms with Crippen molar-refractivity contribution >= 4 is 11.6 Å². The van der Waals surface area contributed by atoms with E-state index < -0.39 is 0 Å². The Hall–Kier alpha value is -2.21. The average molecular weight is 386 g/mol. The van der Waals surface area contributed by atoms with Crippen LogP contribution in [-0.2, 0) is 11.3 Å². The molecule has 1 saturated heterocycles. The number of hydrogen-bond acceptors (Lipinski definition) is 3. The first-order valence-electron chi connectivity index (χ1n) is 9.01. The maximum Gasteiger partial charge on any atom is 0.123 e. The van der Waals surface area contributed by atoms with Crippen LogP contribution in [0.25, 0.3) is 17.1 Å². The van der Waals surface area contributed by atoms with Crippen LogP contribution >= 0.6 is 11.6 Å². The van der Waals surface area contributed by atoms with E-state index in [0.29, 0.717) is 5.02 Å². The predicted molar refractivity (Wildman–Crippen MR) is 105 cm³/mol. The van der Waals surface area contributed by atoms with E-state index in [9.17, 15) is 4.39 Å². The molecule has 0 bridgehead atoms. The minimum absolute atomic E-state index is 0.247. The number of aromatic nitrogens is 2. The lowest BCUT2D eigenvalue weighted by atomic mass is 10.2. The van der Waals surface area contributed by atoms with Crippen LogP contribution in [0.5, 0.6) is 0 Å². The minimum atomic E-state index is -0.247. The molecule has 1 aliphatic heterocycles. The van der Waals surface area contributed by atoms with Gasteiger partial charge in [-0.1, -0.05) is 11.6 Å². The van der Waals surface area contributed by atoms with Crippen LogP contribution in [0.2, 0.25) is 5.02 Å². The zero-order chi connectivity index (χ0) is 18.8. The molecule has 0 spiro atoms. The molecule has 1 fully saturated rings. The zero-order valence-electron chi connectivity index (χ0n) is 15.2. The summed E-state index contributed by atoms with van der Waals surface area (Å²) in [7, 11) is 0. The molecule has 3 heterocycles. The van der Waals surface area contributed by atoms with Gasteiger partial charge in [-0.15, -0.1) is 0 Å². The number of morpholine rings is 1. The van der Waals surface area contributed by atoms with Crippen molar-refractivity contribution in [3.05, 3.63) is 70.8 Å². The summed E-state index contributed by atoms with van der Waals surface area (Å²) in [4.78, 5) is 6.88. The normalized spacial score (nSPS) is 15.2. The fourth-order valence-electron chi connectivity index (χ4n) is 3.46. The van der Waals surface area contributed by atoms with Crippen LogP contribution in [0.3, 0.4) is 0 Å². The quantitative estimate of drug-likeness (QED) is 0.663. The lowest BCUT2D eigenvalue weighted by Gasteiger charge is -2.26. The smallest absolute Gasteiger partial charge is 0.123 e. The SMILES string of the molecule is Cc1c(CN2CCOCC2)cc(-c2ccc(Cl)cn2)n1-c1ccc(F)cc1. The lowest BCUT2D eigenvalue weighted by molar-refractivity contribution is 0.0341. The van der Waals surface area contributed by atoms with Crippen LogP contribution < -0.4 is 0 Å². The van der Waals surface area contributed by atoms with Crippen molar-refractivity contribution in [2.45, 2.75) is 13.5 Å². The van der Waals surface area contributed by atoms with Gasteiger partial charge in [-0.2, -0.15) is 0 Å². The van der Waals surface area contributed by atoms with Crippen molar-refractivity contribution in [3.8, 4) is 17.1 Å². The summed E-state index contributed by atoms with van der Waals surface area (Å²) in [5.41, 5.74) is 5.07. The molecule has 0 N–H and O–H groups in total. The Morgan fingerprint density at radius 3 is 2.52 bits per heavy atom. The molecule has 140 valence electrons. The fourth-order valence-corrected chi connectivity index (χ4v) is 3.57. The molecule has 4 rings (SSSR count). The highest BCUT2D eigenvalue weighted by Crippen LogP contribution is 2.30. The largest absolute Gasteiger partial charge is 0.379 e. The van der Waals surface area contributed by atoms with Crippen LogP contribution in [-0.4, -0.2) is 40.8 Å². The van der Waals surface area contributed by atoms with Gasteiger partial charge < -0.3 is 9.30 Å². The topological polar surface area (TPSA) is 30.3 Å². The second-order valence-corrected chi connectivity index (χ2v) is 7.14. The van der Waals surface area contributed by atoms with Crippen molar-refractivity contribution in [1.29, 1.82) is 0 Å². The van der Waals surface area contributed by atoms with E-state index in [0.717, 1.165) is 55.6 Å². The molecule has 0 saturated carbocycles. The van der Waals surface area contributed by atoms with E-state index in [1.165, 1.54) is 17.7 Å². The van der Waals surface area contributed by atoms with Crippen LogP contribution in [0.15, 0.2) is 48.7 Å². The third-order valence-electron chi connectivity index (χ3n) is 4.92. The molecule has 3 aromatic rings. The number of halogens is 2. The van der Waals surface area contributed by atoms with Crippen molar-refractivity contribution in [3.63, 3.8) is 0 Å². The van der Waals surface area contributed by atoms with Gasteiger partial charge in [0.25, 0.3) is 0 Å². The summed E-state index contributed by atoms with van der Waals surface area (Å²) in [6.07, 6.45) is 1.65. The van der Waals surface area contributed by atoms with Crippen molar-refractivity contribution in [2.75, 3.05) is 26.3 Å². The Kier molecular flexibility index (Phi) is 5.25. The predicted octanol–water partition coefficient (Wildman–Crippen LogP) is 4.47. The molecule has 0 aliphatic carbocycles. The summed E-state index contributed by atoms with van der Waals surface area (Å²) in [5.74, 6) is -0.247. The van der Waals surface area contributed by atoms with E-state index in [1.807, 2.05) is 12.1 Å². The van der Waals surface area contributed by atoms with E-state index in [2.05, 4.69) is 27.4 Å². The molecule has 0 unspecified atom stereocenters. The first-order chi connectivity index (χ1) is 13.1. The Morgan fingerprint density at radius 1 is 1.11 bits per heavy atom. The highest BCUT2D eigenvalue weighted by molar-refractivity contribution is 6.30. The van der Waals surface area contributed by atoms with Gasteiger partial charge in [0, 0.05) is 37.2 Å². The van der Waals surface area contributed by atoms with Crippen LogP contribution in [0.4, 0.5) is 4.39 Å². The van der Waals surface area contributed by atoms with Gasteiger partial charge in [-0.3, -0.25) is 9.88 Å². The molecule has 4 nitrogen and oxygen atoms in total. The molecular weight excluding hydrogens is 365 g/mol. The Labute approximate surface area is 163 Å². The number of pyridine rings is 1. The minimum Gasteiger partial charge on any atom is -0.379 e. The van der Waals surface area contributed by atoms with Crippen LogP contribution in [0.1, 0.15) is 11.3 Å². The molecule has 1 aromatic carbocycles. The fraction of sp³-hybridized carbons (Fsp3) is 0.286. The molecule has 2 aromatic heterocycles. The summed E-state index contributed by atoms with van der Waals surface area (Å²) >= 11 is 6.01. The van der Waals surface area contributed by atoms with Crippen molar-refractivity contribution in [2.24, 2.45) is 0 Å². The Balaban J connectivity index is 1.78. The highest BCUT2D eigenvalue weighted by atomic mass is 35.5. The lowest BCUT2D eigenvalue weighted by Crippen LogP contribution is -2.35. The van der Waals surface area contributed by atoms with Gasteiger partial charge in [0.1, 0.15) is 5.82 Å². The average Bonchev–Trinajstić information content (AvgIpc) is 3.00. The van der Waals surface area contributed by atoms with Gasteiger partial charge in [-0.25, -0.2) is 4.39 Å². The van der Waals surface area contributed by atoms with Gasteiger partial charge in [0.2, 0.25) is 0 Å². The van der Waals surface area contributed by atoms with Crippen molar-refractivity contribution < 1.29 is 9.13 Å². The molecule has 27 heavy (non-hydrogen) atoms. The third-order valence-corrected chi connectivity index (χ3v) is 5.15. The van der Waals surface area contributed by atoms with Gasteiger partial charge >= 0.3 is 0 Å². The third kappa shape index (κ3) is 3.90. The number of nitrogens with zero attached hydrogens (tertiary/aromatic N) is 3. The Bertz CT molecular complexity index is 916. The molecule has 0 atom stereocenters. The maximum absolute atomic E-state index is 13.4. The number of rotatable bonds is 4. The molecule has 1 aliphatic rings. The summed E-state index contributed by atoms with van der Waals surface area (Å²) < 4.78 is 21.0. The summed E-state index contributed by atoms with van der Waals surface area (Å²) in [5, 5.41) is 0.601. The van der Waals surface area contributed by atoms with Gasteiger partial charge in [0.15, 0.2) is 0 Å². The highest BCUT2D eigenvalue weighted by Gasteiger charge is 2.19. The molecule has 6 heteroatoms. The summed E-state index contributed by atoms with van der Waals surface area (Å²) in [6.45, 7) is 6.33. The number of benzene rings is 1. The zero-order valence-corrected chi connectivity index (χ0v) is 15.9. The van der Waals surface area contributed by atoms with Gasteiger partial charge in [0.05, 0.1) is 29.6 Å². The van der Waals surface area contributed by atoms with E-state index in [1.54, 1.807) is 18.3 Å². The van der Waals surface area contributed by atoms with E-state index in [-0.39, 0.29) is 5.82 Å². The first kappa shape index (κ1) is 18.2. The monoisotopic (exact) mass is 385 g/mol. The number of hydrogen-bond donors (Lipinski definition) is 0. The summed E-state index contributed by atoms with van der Waals surface area (Å²) in [6, 6.07) is 12.5. The van der Waals surface area contributed by atoms with E-state index >= 15 is 0 Å². The number of ether oxygens (including phenoxy) is 1. The second-order valence-electron chi connectivity index (χ2n) is 6.70. The van der Waals surface area contributed by atoms with E-state index in [4.69, 9.17) is 16.3 Å². The maximum atomic E-state index is 13.4. The second kappa shape index (κ2) is 7.80. The molecular formula is C21H21ClFN3O. The van der Waals surface area contributed by atoms with Crippen molar-refractivity contribution in [1.82, 2.24) is 14.5 Å². The van der Waals surface area contributed by atoms with Gasteiger partial charge in [-0.05, 0) is 55.0 Å². The molecule has 0 amide bonds. The Morgan fingerprint density at radius 2 is 1.85 bits per heavy atom.